The van der Waals surface area contributed by atoms with E-state index in [0.29, 0.717) is 24.2 Å². The molecule has 5 heteroatoms. The van der Waals surface area contributed by atoms with Gasteiger partial charge >= 0.3 is 0 Å². The third kappa shape index (κ3) is 2.92. The van der Waals surface area contributed by atoms with Crippen LogP contribution in [0.4, 0.5) is 0 Å². The van der Waals surface area contributed by atoms with Gasteiger partial charge in [-0.25, -0.2) is 8.42 Å². The van der Waals surface area contributed by atoms with Crippen molar-refractivity contribution in [2.45, 2.75) is 37.5 Å². The maximum Gasteiger partial charge on any atom is 0.156 e. The average Bonchev–Trinajstić information content (AvgIpc) is 2.37. The highest BCUT2D eigenvalue weighted by Gasteiger charge is 2.35. The average molecular weight is 284 g/mol. The van der Waals surface area contributed by atoms with E-state index in [1.807, 2.05) is 13.0 Å². The van der Waals surface area contributed by atoms with Gasteiger partial charge in [0.15, 0.2) is 9.84 Å². The number of aliphatic hydroxyl groups is 1. The third-order valence-electron chi connectivity index (χ3n) is 3.78. The first-order chi connectivity index (χ1) is 8.95. The summed E-state index contributed by atoms with van der Waals surface area (Å²) in [6, 6.07) is 5.32. The molecule has 1 aromatic carbocycles. The number of hydrogen-bond acceptors (Lipinski definition) is 4. The lowest BCUT2D eigenvalue weighted by atomic mass is 9.98. The van der Waals surface area contributed by atoms with Gasteiger partial charge in [0, 0.05) is 0 Å². The van der Waals surface area contributed by atoms with Crippen molar-refractivity contribution in [3.63, 3.8) is 0 Å². The topological polar surface area (TPSA) is 63.6 Å². The lowest BCUT2D eigenvalue weighted by molar-refractivity contribution is 0.163. The number of hydrogen-bond donors (Lipinski definition) is 1. The Morgan fingerprint density at radius 2 is 2.11 bits per heavy atom. The summed E-state index contributed by atoms with van der Waals surface area (Å²) < 4.78 is 29.2. The number of aliphatic hydroxyl groups excluding tert-OH is 1. The largest absolute Gasteiger partial charge is 0.497 e. The minimum Gasteiger partial charge on any atom is -0.497 e. The van der Waals surface area contributed by atoms with E-state index in [-0.39, 0.29) is 5.75 Å². The van der Waals surface area contributed by atoms with Crippen molar-refractivity contribution in [3.05, 3.63) is 29.3 Å². The van der Waals surface area contributed by atoms with E-state index in [2.05, 4.69) is 0 Å². The van der Waals surface area contributed by atoms with Crippen molar-refractivity contribution < 1.29 is 18.3 Å². The minimum absolute atomic E-state index is 0.184. The van der Waals surface area contributed by atoms with Gasteiger partial charge in [0.05, 0.1) is 24.2 Å². The van der Waals surface area contributed by atoms with Gasteiger partial charge in [-0.2, -0.15) is 0 Å². The van der Waals surface area contributed by atoms with Crippen molar-refractivity contribution in [1.29, 1.82) is 0 Å². The second-order valence-corrected chi connectivity index (χ2v) is 7.41. The van der Waals surface area contributed by atoms with E-state index < -0.39 is 21.2 Å². The lowest BCUT2D eigenvalue weighted by Gasteiger charge is -2.27. The van der Waals surface area contributed by atoms with Crippen molar-refractivity contribution in [3.8, 4) is 5.75 Å². The molecule has 1 fully saturated rings. The number of rotatable bonds is 3. The number of ether oxygens (including phenoxy) is 1. The second-order valence-electron chi connectivity index (χ2n) is 5.07. The Balaban J connectivity index is 2.31. The molecule has 2 atom stereocenters. The zero-order valence-electron chi connectivity index (χ0n) is 11.3. The quantitative estimate of drug-likeness (QED) is 0.922. The molecular weight excluding hydrogens is 264 g/mol. The zero-order valence-corrected chi connectivity index (χ0v) is 12.1. The molecule has 0 saturated carbocycles. The maximum atomic E-state index is 12.0. The Bertz CT molecular complexity index is 551. The Labute approximate surface area is 114 Å². The van der Waals surface area contributed by atoms with Crippen molar-refractivity contribution >= 4 is 9.84 Å². The molecule has 4 nitrogen and oxygen atoms in total. The third-order valence-corrected chi connectivity index (χ3v) is 6.05. The molecule has 0 bridgehead atoms. The van der Waals surface area contributed by atoms with E-state index in [4.69, 9.17) is 4.74 Å². The van der Waals surface area contributed by atoms with Gasteiger partial charge in [-0.3, -0.25) is 0 Å². The molecule has 1 aromatic rings. The summed E-state index contributed by atoms with van der Waals surface area (Å²) in [6.07, 6.45) is 1.15. The molecule has 0 spiro atoms. The van der Waals surface area contributed by atoms with Crippen LogP contribution in [0.25, 0.3) is 0 Å². The molecule has 1 aliphatic heterocycles. The van der Waals surface area contributed by atoms with E-state index in [1.165, 1.54) is 0 Å². The highest BCUT2D eigenvalue weighted by Crippen LogP contribution is 2.33. The Morgan fingerprint density at radius 3 is 2.68 bits per heavy atom. The van der Waals surface area contributed by atoms with E-state index in [1.54, 1.807) is 19.2 Å². The maximum absolute atomic E-state index is 12.0. The van der Waals surface area contributed by atoms with Crippen LogP contribution in [-0.2, 0) is 9.84 Å². The Morgan fingerprint density at radius 1 is 1.37 bits per heavy atom. The summed E-state index contributed by atoms with van der Waals surface area (Å²) in [5, 5.41) is 9.73. The summed E-state index contributed by atoms with van der Waals surface area (Å²) in [6.45, 7) is 1.86. The first kappa shape index (κ1) is 14.3. The van der Waals surface area contributed by atoms with Crippen LogP contribution in [0.1, 0.15) is 36.5 Å². The molecule has 106 valence electrons. The first-order valence-electron chi connectivity index (χ1n) is 6.50. The van der Waals surface area contributed by atoms with E-state index in [0.717, 1.165) is 12.0 Å². The summed E-state index contributed by atoms with van der Waals surface area (Å²) in [4.78, 5) is 0. The summed E-state index contributed by atoms with van der Waals surface area (Å²) in [5.74, 6) is 0.893. The lowest BCUT2D eigenvalue weighted by Crippen LogP contribution is -2.34. The molecule has 2 unspecified atom stereocenters. The van der Waals surface area contributed by atoms with Crippen LogP contribution in [0, 0.1) is 6.92 Å². The SMILES string of the molecule is COc1ccc(C(O)C2CCCCS2(=O)=O)c(C)c1. The van der Waals surface area contributed by atoms with E-state index >= 15 is 0 Å². The fourth-order valence-corrected chi connectivity index (χ4v) is 4.62. The molecule has 1 aliphatic rings. The zero-order chi connectivity index (χ0) is 14.0. The van der Waals surface area contributed by atoms with Gasteiger partial charge in [0.25, 0.3) is 0 Å². The molecule has 0 aromatic heterocycles. The highest BCUT2D eigenvalue weighted by atomic mass is 32.2. The molecule has 1 saturated heterocycles. The smallest absolute Gasteiger partial charge is 0.156 e. The van der Waals surface area contributed by atoms with Gasteiger partial charge < -0.3 is 9.84 Å². The molecule has 2 rings (SSSR count). The fraction of sp³-hybridized carbons (Fsp3) is 0.571. The van der Waals surface area contributed by atoms with Crippen molar-refractivity contribution in [1.82, 2.24) is 0 Å². The van der Waals surface area contributed by atoms with E-state index in [9.17, 15) is 13.5 Å². The van der Waals surface area contributed by atoms with Crippen LogP contribution in [0.3, 0.4) is 0 Å². The fourth-order valence-electron chi connectivity index (χ4n) is 2.64. The van der Waals surface area contributed by atoms with Crippen LogP contribution in [0.15, 0.2) is 18.2 Å². The Kier molecular flexibility index (Phi) is 4.16. The van der Waals surface area contributed by atoms with Gasteiger partial charge in [-0.05, 0) is 43.0 Å². The molecule has 1 heterocycles. The Hall–Kier alpha value is -1.07. The monoisotopic (exact) mass is 284 g/mol. The van der Waals surface area contributed by atoms with Gasteiger partial charge in [0.1, 0.15) is 5.75 Å². The predicted molar refractivity (Wildman–Crippen MR) is 74.1 cm³/mol. The summed E-state index contributed by atoms with van der Waals surface area (Å²) >= 11 is 0. The standard InChI is InChI=1S/C14H20O4S/c1-10-9-11(18-2)6-7-12(10)14(15)13-5-3-4-8-19(13,16)17/h6-7,9,13-15H,3-5,8H2,1-2H3. The van der Waals surface area contributed by atoms with Crippen molar-refractivity contribution in [2.24, 2.45) is 0 Å². The van der Waals surface area contributed by atoms with Crippen LogP contribution in [0.5, 0.6) is 5.75 Å². The first-order valence-corrected chi connectivity index (χ1v) is 8.21. The molecule has 1 N–H and O–H groups in total. The van der Waals surface area contributed by atoms with Gasteiger partial charge in [-0.1, -0.05) is 12.5 Å². The minimum atomic E-state index is -3.18. The number of sulfone groups is 1. The predicted octanol–water partition coefficient (Wildman–Crippen LogP) is 2.00. The van der Waals surface area contributed by atoms with Gasteiger partial charge in [-0.15, -0.1) is 0 Å². The van der Waals surface area contributed by atoms with Crippen LogP contribution >= 0.6 is 0 Å². The van der Waals surface area contributed by atoms with Crippen molar-refractivity contribution in [2.75, 3.05) is 12.9 Å². The summed E-state index contributed by atoms with van der Waals surface area (Å²) in [5.41, 5.74) is 1.53. The summed E-state index contributed by atoms with van der Waals surface area (Å²) in [7, 11) is -1.60. The second kappa shape index (κ2) is 5.51. The van der Waals surface area contributed by atoms with Crippen LogP contribution in [-0.4, -0.2) is 31.6 Å². The van der Waals surface area contributed by atoms with Crippen LogP contribution < -0.4 is 4.74 Å². The highest BCUT2D eigenvalue weighted by molar-refractivity contribution is 7.92. The molecule has 0 aliphatic carbocycles. The molecule has 19 heavy (non-hydrogen) atoms. The van der Waals surface area contributed by atoms with Gasteiger partial charge in [0.2, 0.25) is 0 Å². The van der Waals surface area contributed by atoms with Crippen LogP contribution in [0.2, 0.25) is 0 Å². The molecule has 0 amide bonds. The normalized spacial score (nSPS) is 23.8. The molecule has 0 radical (unpaired) electrons. The molecular formula is C14H20O4S. The number of methoxy groups -OCH3 is 1. The number of aryl methyl sites for hydroxylation is 1. The number of benzene rings is 1.